The van der Waals surface area contributed by atoms with Gasteiger partial charge in [0.1, 0.15) is 34.2 Å². The molecule has 10 rings (SSSR count). The van der Waals surface area contributed by atoms with E-state index in [1.807, 2.05) is 97.1 Å². The molecule has 0 heterocycles. The molecule has 0 spiro atoms. The SMILES string of the molecule is COc1ccc(C(OCCc2ccc(-c3ccc(CO)cc3)cc2)(c2ccccc2)c2ccc(OC)cc2)cc1.COc1ccc(C(OCCc2ccc(Br)cc2)(c2ccccc2)c2ccc(OC)cc2)cc1.OCc1ccc(B(O)O)cc1. The zero-order chi connectivity index (χ0) is 59.2. The first-order valence-electron chi connectivity index (χ1n) is 27.6. The Morgan fingerprint density at radius 1 is 0.333 bits per heavy atom. The van der Waals surface area contributed by atoms with Gasteiger partial charge in [-0.1, -0.05) is 210 Å². The molecule has 0 saturated heterocycles. The molecule has 0 aromatic heterocycles. The van der Waals surface area contributed by atoms with Crippen LogP contribution in [-0.2, 0) is 46.7 Å². The molecule has 0 radical (unpaired) electrons. The second-order valence-corrected chi connectivity index (χ2v) is 20.6. The molecule has 84 heavy (non-hydrogen) atoms. The number of ether oxygens (including phenoxy) is 6. The molecule has 428 valence electrons. The molecule has 0 atom stereocenters. The van der Waals surface area contributed by atoms with Gasteiger partial charge in [0.05, 0.1) is 54.9 Å². The average molecular weight is 1190 g/mol. The quantitative estimate of drug-likeness (QED) is 0.0384. The molecule has 4 N–H and O–H groups in total. The van der Waals surface area contributed by atoms with Crippen molar-refractivity contribution in [3.05, 3.63) is 315 Å². The van der Waals surface area contributed by atoms with E-state index < -0.39 is 18.3 Å². The third-order valence-corrected chi connectivity index (χ3v) is 15.1. The molecular formula is C72H70BBrO10. The fraction of sp³-hybridized carbons (Fsp3) is 0.167. The highest BCUT2D eigenvalue weighted by atomic mass is 79.9. The standard InChI is InChI=1S/C36H34O4.C29H27BrO3.C7H9BO3/c1-38-34-20-16-32(17-21-34)36(31-6-4-3-5-7-31,33-18-22-35(39-2)23-19-33)40-25-24-27-8-12-29(13-9-27)30-14-10-28(26-37)11-15-30;1-31-27-16-10-24(11-17-27)29(23-6-4-3-5-7-23,25-12-18-28(32-2)19-13-25)33-21-20-22-8-14-26(30)15-9-22;9-5-6-1-3-7(4-2-6)8(10)11/h3-23,37H,24-26H2,1-2H3;3-19H,20-21H2,1-2H3;1-4,9-11H,5H2. The summed E-state index contributed by atoms with van der Waals surface area (Å²) in [5, 5.41) is 35.3. The van der Waals surface area contributed by atoms with Crippen LogP contribution in [0, 0.1) is 0 Å². The van der Waals surface area contributed by atoms with Crippen molar-refractivity contribution < 1.29 is 48.7 Å². The predicted octanol–water partition coefficient (Wildman–Crippen LogP) is 13.3. The van der Waals surface area contributed by atoms with Gasteiger partial charge >= 0.3 is 7.12 Å². The lowest BCUT2D eigenvalue weighted by Gasteiger charge is -2.36. The Labute approximate surface area is 502 Å². The van der Waals surface area contributed by atoms with E-state index in [1.165, 1.54) is 11.1 Å². The van der Waals surface area contributed by atoms with Gasteiger partial charge in [0, 0.05) is 4.47 Å². The van der Waals surface area contributed by atoms with Crippen molar-refractivity contribution in [1.82, 2.24) is 0 Å². The highest BCUT2D eigenvalue weighted by molar-refractivity contribution is 9.10. The van der Waals surface area contributed by atoms with Crippen LogP contribution in [0.4, 0.5) is 0 Å². The largest absolute Gasteiger partial charge is 0.497 e. The van der Waals surface area contributed by atoms with Crippen LogP contribution in [0.15, 0.2) is 259 Å². The topological polar surface area (TPSA) is 136 Å². The first-order valence-corrected chi connectivity index (χ1v) is 28.4. The fourth-order valence-electron chi connectivity index (χ4n) is 9.91. The molecule has 0 saturated carbocycles. The molecule has 0 bridgehead atoms. The summed E-state index contributed by atoms with van der Waals surface area (Å²) in [5.41, 5.74) is 11.4. The van der Waals surface area contributed by atoms with E-state index in [4.69, 9.17) is 43.6 Å². The highest BCUT2D eigenvalue weighted by Gasteiger charge is 2.39. The Morgan fingerprint density at radius 3 is 0.893 bits per heavy atom. The van der Waals surface area contributed by atoms with Crippen molar-refractivity contribution in [2.24, 2.45) is 0 Å². The summed E-state index contributed by atoms with van der Waals surface area (Å²) in [6, 6.07) is 84.6. The zero-order valence-electron chi connectivity index (χ0n) is 47.7. The third kappa shape index (κ3) is 15.7. The summed E-state index contributed by atoms with van der Waals surface area (Å²) in [7, 11) is 5.28. The molecule has 0 aliphatic carbocycles. The maximum atomic E-state index is 9.32. The number of hydrogen-bond acceptors (Lipinski definition) is 10. The van der Waals surface area contributed by atoms with Crippen LogP contribution in [0.1, 0.15) is 55.6 Å². The molecule has 0 aliphatic heterocycles. The van der Waals surface area contributed by atoms with Crippen molar-refractivity contribution in [2.75, 3.05) is 41.7 Å². The third-order valence-electron chi connectivity index (χ3n) is 14.6. The molecular weight excluding hydrogens is 1120 g/mol. The second-order valence-electron chi connectivity index (χ2n) is 19.7. The molecule has 0 amide bonds. The first kappa shape index (κ1) is 61.8. The predicted molar refractivity (Wildman–Crippen MR) is 338 cm³/mol. The van der Waals surface area contributed by atoms with Gasteiger partial charge in [-0.25, -0.2) is 0 Å². The van der Waals surface area contributed by atoms with E-state index in [0.29, 0.717) is 18.7 Å². The lowest BCUT2D eigenvalue weighted by molar-refractivity contribution is 0.0146. The van der Waals surface area contributed by atoms with E-state index in [1.54, 1.807) is 52.7 Å². The Hall–Kier alpha value is -8.30. The number of aliphatic hydroxyl groups excluding tert-OH is 2. The Balaban J connectivity index is 0.000000188. The van der Waals surface area contributed by atoms with E-state index in [9.17, 15) is 5.11 Å². The van der Waals surface area contributed by atoms with Crippen LogP contribution < -0.4 is 24.4 Å². The van der Waals surface area contributed by atoms with Crippen molar-refractivity contribution in [2.45, 2.75) is 37.3 Å². The minimum Gasteiger partial charge on any atom is -0.497 e. The second kappa shape index (κ2) is 30.8. The van der Waals surface area contributed by atoms with Crippen LogP contribution in [0.25, 0.3) is 11.1 Å². The van der Waals surface area contributed by atoms with Gasteiger partial charge in [0.15, 0.2) is 0 Å². The van der Waals surface area contributed by atoms with Crippen molar-refractivity contribution in [1.29, 1.82) is 0 Å². The van der Waals surface area contributed by atoms with Gasteiger partial charge in [-0.15, -0.1) is 0 Å². The van der Waals surface area contributed by atoms with Gasteiger partial charge in [-0.2, -0.15) is 0 Å². The molecule has 10 nitrogen and oxygen atoms in total. The van der Waals surface area contributed by atoms with E-state index >= 15 is 0 Å². The highest BCUT2D eigenvalue weighted by Crippen LogP contribution is 2.43. The Bertz CT molecular complexity index is 3400. The van der Waals surface area contributed by atoms with Crippen LogP contribution in [-0.4, -0.2) is 69.0 Å². The van der Waals surface area contributed by atoms with Crippen molar-refractivity contribution >= 4 is 28.5 Å². The van der Waals surface area contributed by atoms with Gasteiger partial charge in [0.2, 0.25) is 0 Å². The van der Waals surface area contributed by atoms with Crippen LogP contribution >= 0.6 is 15.9 Å². The van der Waals surface area contributed by atoms with Gasteiger partial charge < -0.3 is 48.7 Å². The molecule has 12 heteroatoms. The first-order chi connectivity index (χ1) is 41.0. The molecule has 10 aromatic carbocycles. The normalized spacial score (nSPS) is 11.1. The van der Waals surface area contributed by atoms with E-state index in [0.717, 1.165) is 95.9 Å². The maximum Gasteiger partial charge on any atom is 0.488 e. The maximum absolute atomic E-state index is 9.32. The number of halogens is 1. The minimum atomic E-state index is -1.43. The smallest absolute Gasteiger partial charge is 0.488 e. The average Bonchev–Trinajstić information content (AvgIpc) is 1.31. The number of rotatable bonds is 22. The summed E-state index contributed by atoms with van der Waals surface area (Å²) in [4.78, 5) is 0. The zero-order valence-corrected chi connectivity index (χ0v) is 49.3. The van der Waals surface area contributed by atoms with Crippen LogP contribution in [0.3, 0.4) is 0 Å². The monoisotopic (exact) mass is 1180 g/mol. The summed E-state index contributed by atoms with van der Waals surface area (Å²) in [6.07, 6.45) is 1.55. The van der Waals surface area contributed by atoms with Crippen LogP contribution in [0.2, 0.25) is 0 Å². The van der Waals surface area contributed by atoms with E-state index in [-0.39, 0.29) is 13.2 Å². The molecule has 0 unspecified atom stereocenters. The van der Waals surface area contributed by atoms with Crippen molar-refractivity contribution in [3.63, 3.8) is 0 Å². The molecule has 0 fully saturated rings. The number of methoxy groups -OCH3 is 4. The summed E-state index contributed by atoms with van der Waals surface area (Å²) < 4.78 is 36.6. The van der Waals surface area contributed by atoms with Gasteiger partial charge in [-0.05, 0) is 146 Å². The summed E-state index contributed by atoms with van der Waals surface area (Å²) >= 11 is 3.51. The van der Waals surface area contributed by atoms with Crippen molar-refractivity contribution in [3.8, 4) is 34.1 Å². The number of hydrogen-bond donors (Lipinski definition) is 4. The van der Waals surface area contributed by atoms with Crippen LogP contribution in [0.5, 0.6) is 23.0 Å². The van der Waals surface area contributed by atoms with Gasteiger partial charge in [0.25, 0.3) is 0 Å². The fourth-order valence-corrected chi connectivity index (χ4v) is 10.2. The lowest BCUT2D eigenvalue weighted by Crippen LogP contribution is -2.33. The minimum absolute atomic E-state index is 0.0260. The van der Waals surface area contributed by atoms with Gasteiger partial charge in [-0.3, -0.25) is 0 Å². The summed E-state index contributed by atoms with van der Waals surface area (Å²) in [6.45, 7) is 1.09. The number of benzene rings is 10. The summed E-state index contributed by atoms with van der Waals surface area (Å²) in [5.74, 6) is 3.22. The Kier molecular flexibility index (Phi) is 22.7. The lowest BCUT2D eigenvalue weighted by atomic mass is 9.80. The number of aliphatic hydroxyl groups is 2. The van der Waals surface area contributed by atoms with E-state index in [2.05, 4.69) is 149 Å². The molecule has 0 aliphatic rings. The Morgan fingerprint density at radius 2 is 0.607 bits per heavy atom. The molecule has 10 aromatic rings.